The number of amides is 1. The molecule has 0 saturated heterocycles. The molecule has 2 saturated carbocycles. The van der Waals surface area contributed by atoms with Gasteiger partial charge < -0.3 is 15.4 Å². The Bertz CT molecular complexity index is 313. The second kappa shape index (κ2) is 8.96. The van der Waals surface area contributed by atoms with Crippen LogP contribution in [-0.2, 0) is 9.53 Å². The minimum Gasteiger partial charge on any atom is -0.380 e. The number of nitrogens with zero attached hydrogens (tertiary/aromatic N) is 1. The molecule has 1 amide bonds. The van der Waals surface area contributed by atoms with Crippen molar-refractivity contribution in [3.8, 4) is 0 Å². The van der Waals surface area contributed by atoms with Crippen molar-refractivity contribution in [2.24, 2.45) is 23.5 Å². The second-order valence-corrected chi connectivity index (χ2v) is 6.31. The molecule has 21 heavy (non-hydrogen) atoms. The minimum atomic E-state index is 0. The van der Waals surface area contributed by atoms with E-state index in [-0.39, 0.29) is 18.3 Å². The summed E-state index contributed by atoms with van der Waals surface area (Å²) in [5, 5.41) is 0. The molecule has 0 heterocycles. The summed E-state index contributed by atoms with van der Waals surface area (Å²) in [6.07, 6.45) is 5.73. The number of ether oxygens (including phenoxy) is 1. The van der Waals surface area contributed by atoms with Crippen LogP contribution in [0.4, 0.5) is 0 Å². The van der Waals surface area contributed by atoms with Crippen molar-refractivity contribution in [3.05, 3.63) is 0 Å². The Hall–Kier alpha value is -0.320. The van der Waals surface area contributed by atoms with Gasteiger partial charge in [0.05, 0.1) is 6.61 Å². The summed E-state index contributed by atoms with van der Waals surface area (Å²) < 4.78 is 5.38. The lowest BCUT2D eigenvalue weighted by Gasteiger charge is -2.44. The zero-order chi connectivity index (χ0) is 14.5. The van der Waals surface area contributed by atoms with Crippen molar-refractivity contribution in [2.75, 3.05) is 26.3 Å². The second-order valence-electron chi connectivity index (χ2n) is 6.31. The van der Waals surface area contributed by atoms with Gasteiger partial charge in [-0.2, -0.15) is 0 Å². The number of halogens is 1. The molecular weight excluding hydrogens is 288 g/mol. The van der Waals surface area contributed by atoms with E-state index in [0.29, 0.717) is 37.0 Å². The van der Waals surface area contributed by atoms with Gasteiger partial charge in [-0.05, 0) is 51.4 Å². The molecule has 2 aliphatic carbocycles. The summed E-state index contributed by atoms with van der Waals surface area (Å²) >= 11 is 0. The number of likely N-dealkylation sites (N-methyl/N-ethyl adjacent to an activating group) is 1. The van der Waals surface area contributed by atoms with Crippen molar-refractivity contribution in [2.45, 2.75) is 52.0 Å². The Morgan fingerprint density at radius 1 is 1.24 bits per heavy atom. The quantitative estimate of drug-likeness (QED) is 0.765. The lowest BCUT2D eigenvalue weighted by molar-refractivity contribution is -0.139. The number of rotatable bonds is 6. The maximum Gasteiger partial charge on any atom is 0.225 e. The molecule has 2 fully saturated rings. The molecule has 0 spiro atoms. The molecule has 2 rings (SSSR count). The number of nitrogens with two attached hydrogens (primary N) is 1. The fourth-order valence-electron chi connectivity index (χ4n) is 3.99. The molecule has 124 valence electrons. The topological polar surface area (TPSA) is 55.6 Å². The minimum absolute atomic E-state index is 0. The van der Waals surface area contributed by atoms with Crippen LogP contribution < -0.4 is 5.73 Å². The summed E-state index contributed by atoms with van der Waals surface area (Å²) in [6.45, 7) is 6.91. The van der Waals surface area contributed by atoms with Crippen LogP contribution in [0.3, 0.4) is 0 Å². The lowest BCUT2D eigenvalue weighted by Crippen LogP contribution is -2.50. The molecule has 4 nitrogen and oxygen atoms in total. The van der Waals surface area contributed by atoms with Crippen molar-refractivity contribution in [1.29, 1.82) is 0 Å². The summed E-state index contributed by atoms with van der Waals surface area (Å²) in [5.41, 5.74) is 6.31. The smallest absolute Gasteiger partial charge is 0.225 e. The molecule has 2 aliphatic rings. The van der Waals surface area contributed by atoms with Crippen molar-refractivity contribution in [1.82, 2.24) is 4.90 Å². The third-order valence-electron chi connectivity index (χ3n) is 5.17. The maximum atomic E-state index is 12.7. The van der Waals surface area contributed by atoms with E-state index in [9.17, 15) is 4.79 Å². The SMILES string of the molecule is CCOCCN(CC)C(=O)C1CC2CCCC(C1)C2N.Cl. The monoisotopic (exact) mass is 318 g/mol. The van der Waals surface area contributed by atoms with Crippen LogP contribution in [0.1, 0.15) is 46.0 Å². The van der Waals surface area contributed by atoms with Crippen molar-refractivity contribution < 1.29 is 9.53 Å². The summed E-state index contributed by atoms with van der Waals surface area (Å²) in [5.74, 6) is 1.67. The van der Waals surface area contributed by atoms with E-state index in [1.165, 1.54) is 19.3 Å². The highest BCUT2D eigenvalue weighted by molar-refractivity contribution is 5.85. The first-order chi connectivity index (χ1) is 9.67. The van der Waals surface area contributed by atoms with Gasteiger partial charge in [-0.25, -0.2) is 0 Å². The number of carbonyl (C=O) groups excluding carboxylic acids is 1. The summed E-state index contributed by atoms with van der Waals surface area (Å²) in [7, 11) is 0. The van der Waals surface area contributed by atoms with Crippen LogP contribution in [0.25, 0.3) is 0 Å². The summed E-state index contributed by atoms with van der Waals surface area (Å²) in [6, 6.07) is 0.339. The fourth-order valence-corrected chi connectivity index (χ4v) is 3.99. The molecular formula is C16H31ClN2O2. The van der Waals surface area contributed by atoms with Gasteiger partial charge in [-0.15, -0.1) is 12.4 Å². The van der Waals surface area contributed by atoms with Crippen LogP contribution >= 0.6 is 12.4 Å². The number of fused-ring (bicyclic) bond motifs is 2. The van der Waals surface area contributed by atoms with E-state index in [0.717, 1.165) is 25.9 Å². The van der Waals surface area contributed by atoms with Gasteiger partial charge in [0.1, 0.15) is 0 Å². The normalized spacial score (nSPS) is 31.4. The third kappa shape index (κ3) is 4.57. The first-order valence-corrected chi connectivity index (χ1v) is 8.29. The van der Waals surface area contributed by atoms with Gasteiger partial charge in [0.15, 0.2) is 0 Å². The average molecular weight is 319 g/mol. The van der Waals surface area contributed by atoms with E-state index in [1.807, 2.05) is 11.8 Å². The predicted molar refractivity (Wildman–Crippen MR) is 87.5 cm³/mol. The van der Waals surface area contributed by atoms with Crippen molar-refractivity contribution >= 4 is 18.3 Å². The van der Waals surface area contributed by atoms with Crippen LogP contribution in [0.15, 0.2) is 0 Å². The zero-order valence-electron chi connectivity index (χ0n) is 13.4. The van der Waals surface area contributed by atoms with E-state index in [4.69, 9.17) is 10.5 Å². The van der Waals surface area contributed by atoms with Gasteiger partial charge >= 0.3 is 0 Å². The number of carbonyl (C=O) groups is 1. The molecule has 2 bridgehead atoms. The van der Waals surface area contributed by atoms with Crippen LogP contribution in [-0.4, -0.2) is 43.2 Å². The lowest BCUT2D eigenvalue weighted by atomic mass is 9.65. The first kappa shape index (κ1) is 18.7. The molecule has 0 aromatic rings. The van der Waals surface area contributed by atoms with E-state index >= 15 is 0 Å². The van der Waals surface area contributed by atoms with Gasteiger partial charge in [0.25, 0.3) is 0 Å². The molecule has 2 atom stereocenters. The number of hydrogen-bond donors (Lipinski definition) is 1. The molecule has 0 aromatic heterocycles. The standard InChI is InChI=1S/C16H30N2O2.ClH/c1-3-18(8-9-20-4-2)16(19)14-10-12-6-5-7-13(11-14)15(12)17;/h12-15H,3-11,17H2,1-2H3;1H. The van der Waals surface area contributed by atoms with E-state index < -0.39 is 0 Å². The number of hydrogen-bond acceptors (Lipinski definition) is 3. The Kier molecular flexibility index (Phi) is 7.99. The Labute approximate surface area is 135 Å². The van der Waals surface area contributed by atoms with Gasteiger partial charge in [0.2, 0.25) is 5.91 Å². The highest BCUT2D eigenvalue weighted by Crippen LogP contribution is 2.42. The van der Waals surface area contributed by atoms with E-state index in [2.05, 4.69) is 6.92 Å². The van der Waals surface area contributed by atoms with Gasteiger partial charge in [0, 0.05) is 31.7 Å². The highest BCUT2D eigenvalue weighted by atomic mass is 35.5. The molecule has 0 radical (unpaired) electrons. The Balaban J connectivity index is 0.00000220. The fraction of sp³-hybridized carbons (Fsp3) is 0.938. The highest BCUT2D eigenvalue weighted by Gasteiger charge is 2.41. The summed E-state index contributed by atoms with van der Waals surface area (Å²) in [4.78, 5) is 14.7. The van der Waals surface area contributed by atoms with Crippen molar-refractivity contribution in [3.63, 3.8) is 0 Å². The molecule has 2 unspecified atom stereocenters. The molecule has 5 heteroatoms. The Morgan fingerprint density at radius 3 is 2.38 bits per heavy atom. The predicted octanol–water partition coefficient (Wildman–Crippen LogP) is 2.45. The largest absolute Gasteiger partial charge is 0.380 e. The van der Waals surface area contributed by atoms with Gasteiger partial charge in [-0.1, -0.05) is 6.42 Å². The zero-order valence-corrected chi connectivity index (χ0v) is 14.2. The average Bonchev–Trinajstić information content (AvgIpc) is 2.43. The van der Waals surface area contributed by atoms with Crippen LogP contribution in [0.2, 0.25) is 0 Å². The first-order valence-electron chi connectivity index (χ1n) is 8.29. The molecule has 2 N–H and O–H groups in total. The molecule has 0 aliphatic heterocycles. The van der Waals surface area contributed by atoms with Gasteiger partial charge in [-0.3, -0.25) is 4.79 Å². The maximum absolute atomic E-state index is 12.7. The molecule has 0 aromatic carbocycles. The van der Waals surface area contributed by atoms with E-state index in [1.54, 1.807) is 0 Å². The third-order valence-corrected chi connectivity index (χ3v) is 5.17. The Morgan fingerprint density at radius 2 is 1.86 bits per heavy atom. The van der Waals surface area contributed by atoms with Crippen LogP contribution in [0.5, 0.6) is 0 Å². The van der Waals surface area contributed by atoms with Crippen LogP contribution in [0, 0.1) is 17.8 Å².